The molecule has 0 fully saturated rings. The maximum atomic E-state index is 12.1. The number of hydrogen-bond acceptors (Lipinski definition) is 5. The molecule has 23 heavy (non-hydrogen) atoms. The molecule has 1 atom stereocenters. The van der Waals surface area contributed by atoms with Gasteiger partial charge in [0.25, 0.3) is 5.91 Å². The second-order valence-electron chi connectivity index (χ2n) is 5.84. The standard InChI is InChI=1S/C17H19NO3S2/c1-11-4-5-14-12(7-11)8-15(23-14)17(20)21-10-16(19)18-9-13-3-2-6-22-13/h2-3,6,8,11H,4-5,7,9-10H2,1H3,(H,18,19)/t11-/m0/s1. The second kappa shape index (κ2) is 7.27. The Bertz CT molecular complexity index is 691. The highest BCUT2D eigenvalue weighted by Crippen LogP contribution is 2.32. The van der Waals surface area contributed by atoms with Gasteiger partial charge in [0, 0.05) is 9.75 Å². The van der Waals surface area contributed by atoms with E-state index in [2.05, 4.69) is 12.2 Å². The average Bonchev–Trinajstić information content (AvgIpc) is 3.19. The summed E-state index contributed by atoms with van der Waals surface area (Å²) < 4.78 is 5.13. The van der Waals surface area contributed by atoms with E-state index in [0.717, 1.165) is 17.7 Å². The summed E-state index contributed by atoms with van der Waals surface area (Å²) in [5.74, 6) is -0.00554. The van der Waals surface area contributed by atoms with Gasteiger partial charge in [-0.15, -0.1) is 22.7 Å². The number of rotatable bonds is 5. The summed E-state index contributed by atoms with van der Waals surface area (Å²) in [7, 11) is 0. The summed E-state index contributed by atoms with van der Waals surface area (Å²) in [5.41, 5.74) is 1.27. The molecule has 1 aliphatic rings. The first-order valence-electron chi connectivity index (χ1n) is 7.69. The lowest BCUT2D eigenvalue weighted by Gasteiger charge is -2.16. The highest BCUT2D eigenvalue weighted by molar-refractivity contribution is 7.14. The van der Waals surface area contributed by atoms with Crippen molar-refractivity contribution in [3.63, 3.8) is 0 Å². The Morgan fingerprint density at radius 1 is 1.43 bits per heavy atom. The van der Waals surface area contributed by atoms with Crippen molar-refractivity contribution in [3.05, 3.63) is 43.8 Å². The van der Waals surface area contributed by atoms with Gasteiger partial charge in [-0.1, -0.05) is 13.0 Å². The molecule has 2 aromatic rings. The Hall–Kier alpha value is -1.66. The van der Waals surface area contributed by atoms with Crippen LogP contribution in [0.25, 0.3) is 0 Å². The fourth-order valence-electron chi connectivity index (χ4n) is 2.66. The van der Waals surface area contributed by atoms with Crippen molar-refractivity contribution in [2.75, 3.05) is 6.61 Å². The smallest absolute Gasteiger partial charge is 0.348 e. The van der Waals surface area contributed by atoms with E-state index in [1.54, 1.807) is 11.3 Å². The number of hydrogen-bond donors (Lipinski definition) is 1. The molecule has 0 saturated carbocycles. The van der Waals surface area contributed by atoms with Crippen molar-refractivity contribution in [2.24, 2.45) is 5.92 Å². The summed E-state index contributed by atoms with van der Waals surface area (Å²) in [6.07, 6.45) is 3.24. The lowest BCUT2D eigenvalue weighted by molar-refractivity contribution is -0.124. The molecule has 1 amide bonds. The lowest BCUT2D eigenvalue weighted by Crippen LogP contribution is -2.27. The van der Waals surface area contributed by atoms with Crippen LogP contribution in [0.15, 0.2) is 23.6 Å². The first-order chi connectivity index (χ1) is 11.1. The number of thiophene rings is 2. The van der Waals surface area contributed by atoms with Gasteiger partial charge in [-0.25, -0.2) is 4.79 Å². The highest BCUT2D eigenvalue weighted by atomic mass is 32.1. The fourth-order valence-corrected chi connectivity index (χ4v) is 4.41. The van der Waals surface area contributed by atoms with Crippen LogP contribution in [0, 0.1) is 5.92 Å². The van der Waals surface area contributed by atoms with Crippen molar-refractivity contribution in [1.29, 1.82) is 0 Å². The Labute approximate surface area is 143 Å². The summed E-state index contributed by atoms with van der Waals surface area (Å²) in [6, 6.07) is 5.82. The quantitative estimate of drug-likeness (QED) is 0.842. The van der Waals surface area contributed by atoms with E-state index in [0.29, 0.717) is 17.3 Å². The number of carbonyl (C=O) groups excluding carboxylic acids is 2. The van der Waals surface area contributed by atoms with Crippen LogP contribution in [0.3, 0.4) is 0 Å². The van der Waals surface area contributed by atoms with Crippen molar-refractivity contribution in [3.8, 4) is 0 Å². The maximum Gasteiger partial charge on any atom is 0.348 e. The summed E-state index contributed by atoms with van der Waals surface area (Å²) >= 11 is 3.08. The Kier molecular flexibility index (Phi) is 5.13. The van der Waals surface area contributed by atoms with Gasteiger partial charge in [0.15, 0.2) is 6.61 Å². The molecule has 3 rings (SSSR count). The lowest BCUT2D eigenvalue weighted by atomic mass is 9.90. The van der Waals surface area contributed by atoms with Crippen LogP contribution in [-0.2, 0) is 28.9 Å². The number of aryl methyl sites for hydroxylation is 1. The van der Waals surface area contributed by atoms with Crippen LogP contribution in [0.4, 0.5) is 0 Å². The summed E-state index contributed by atoms with van der Waals surface area (Å²) in [5, 5.41) is 4.70. The van der Waals surface area contributed by atoms with Gasteiger partial charge in [-0.2, -0.15) is 0 Å². The first-order valence-corrected chi connectivity index (χ1v) is 9.39. The molecule has 2 heterocycles. The number of ether oxygens (including phenoxy) is 1. The second-order valence-corrected chi connectivity index (χ2v) is 8.01. The largest absolute Gasteiger partial charge is 0.451 e. The number of carbonyl (C=O) groups is 2. The van der Waals surface area contributed by atoms with Crippen molar-refractivity contribution >= 4 is 34.6 Å². The zero-order chi connectivity index (χ0) is 16.2. The molecule has 0 unspecified atom stereocenters. The predicted octanol–water partition coefficient (Wildman–Crippen LogP) is 3.41. The molecule has 0 bridgehead atoms. The third-order valence-corrected chi connectivity index (χ3v) is 6.00. The van der Waals surface area contributed by atoms with E-state index < -0.39 is 5.97 Å². The number of esters is 1. The molecule has 0 aliphatic heterocycles. The monoisotopic (exact) mass is 349 g/mol. The molecule has 0 spiro atoms. The molecule has 122 valence electrons. The minimum Gasteiger partial charge on any atom is -0.451 e. The van der Waals surface area contributed by atoms with Crippen LogP contribution < -0.4 is 5.32 Å². The normalized spacial score (nSPS) is 16.7. The third kappa shape index (κ3) is 4.20. The zero-order valence-electron chi connectivity index (χ0n) is 13.0. The third-order valence-electron chi connectivity index (χ3n) is 3.90. The van der Waals surface area contributed by atoms with E-state index in [4.69, 9.17) is 4.74 Å². The minimum atomic E-state index is -0.400. The molecule has 0 saturated heterocycles. The van der Waals surface area contributed by atoms with E-state index in [1.807, 2.05) is 23.6 Å². The molecular formula is C17H19NO3S2. The van der Waals surface area contributed by atoms with Crippen molar-refractivity contribution in [1.82, 2.24) is 5.32 Å². The number of nitrogens with one attached hydrogen (secondary N) is 1. The Balaban J connectivity index is 1.48. The average molecular weight is 349 g/mol. The SMILES string of the molecule is C[C@H]1CCc2sc(C(=O)OCC(=O)NCc3cccs3)cc2C1. The molecular weight excluding hydrogens is 330 g/mol. The van der Waals surface area contributed by atoms with Crippen LogP contribution in [0.2, 0.25) is 0 Å². The van der Waals surface area contributed by atoms with Gasteiger partial charge in [0.2, 0.25) is 0 Å². The van der Waals surface area contributed by atoms with Crippen molar-refractivity contribution < 1.29 is 14.3 Å². The van der Waals surface area contributed by atoms with Gasteiger partial charge in [0.1, 0.15) is 4.88 Å². The van der Waals surface area contributed by atoms with Crippen LogP contribution >= 0.6 is 22.7 Å². The predicted molar refractivity (Wildman–Crippen MR) is 92.0 cm³/mol. The van der Waals surface area contributed by atoms with E-state index >= 15 is 0 Å². The number of amides is 1. The molecule has 1 aliphatic carbocycles. The topological polar surface area (TPSA) is 55.4 Å². The van der Waals surface area contributed by atoms with Gasteiger partial charge in [0.05, 0.1) is 6.54 Å². The van der Waals surface area contributed by atoms with Crippen LogP contribution in [0.5, 0.6) is 0 Å². The first kappa shape index (κ1) is 16.2. The van der Waals surface area contributed by atoms with E-state index in [9.17, 15) is 9.59 Å². The summed E-state index contributed by atoms with van der Waals surface area (Å²) in [6.45, 7) is 2.47. The molecule has 0 aromatic carbocycles. The molecule has 2 aromatic heterocycles. The minimum absolute atomic E-state index is 0.233. The Morgan fingerprint density at radius 3 is 3.09 bits per heavy atom. The number of fused-ring (bicyclic) bond motifs is 1. The molecule has 6 heteroatoms. The molecule has 4 nitrogen and oxygen atoms in total. The van der Waals surface area contributed by atoms with Crippen LogP contribution in [0.1, 0.15) is 38.3 Å². The maximum absolute atomic E-state index is 12.1. The molecule has 1 N–H and O–H groups in total. The van der Waals surface area contributed by atoms with Crippen LogP contribution in [-0.4, -0.2) is 18.5 Å². The zero-order valence-corrected chi connectivity index (χ0v) is 14.6. The Morgan fingerprint density at radius 2 is 2.30 bits per heavy atom. The molecule has 0 radical (unpaired) electrons. The van der Waals surface area contributed by atoms with Gasteiger partial charge >= 0.3 is 5.97 Å². The van der Waals surface area contributed by atoms with Gasteiger partial charge < -0.3 is 10.1 Å². The van der Waals surface area contributed by atoms with E-state index in [-0.39, 0.29) is 12.5 Å². The summed E-state index contributed by atoms with van der Waals surface area (Å²) in [4.78, 5) is 26.8. The van der Waals surface area contributed by atoms with Gasteiger partial charge in [-0.05, 0) is 48.3 Å². The highest BCUT2D eigenvalue weighted by Gasteiger charge is 2.21. The fraction of sp³-hybridized carbons (Fsp3) is 0.412. The van der Waals surface area contributed by atoms with Gasteiger partial charge in [-0.3, -0.25) is 4.79 Å². The van der Waals surface area contributed by atoms with E-state index in [1.165, 1.54) is 28.2 Å². The van der Waals surface area contributed by atoms with Crippen molar-refractivity contribution in [2.45, 2.75) is 32.7 Å².